The zero-order chi connectivity index (χ0) is 29.2. The van der Waals surface area contributed by atoms with Gasteiger partial charge in [-0.2, -0.15) is 0 Å². The number of benzene rings is 5. The van der Waals surface area contributed by atoms with Gasteiger partial charge in [-0.3, -0.25) is 14.4 Å². The number of carbonyl (C=O) groups excluding carboxylic acids is 1. The average Bonchev–Trinajstić information content (AvgIpc) is 3.03. The summed E-state index contributed by atoms with van der Waals surface area (Å²) >= 11 is 3.45. The number of nitrogens with one attached hydrogen (secondary N) is 1. The van der Waals surface area contributed by atoms with E-state index in [2.05, 4.69) is 21.0 Å². The number of hydrogen-bond acceptors (Lipinski definition) is 2. The maximum absolute atomic E-state index is 15.8. The summed E-state index contributed by atoms with van der Waals surface area (Å²) in [5.74, 6) is -0.386. The number of carbonyl (C=O) groups is 1. The maximum Gasteiger partial charge on any atom is 0.312 e. The Balaban J connectivity index is 1.62. The second-order valence-corrected chi connectivity index (χ2v) is 13.4. The number of nitrogens with zero attached hydrogens (tertiary/aromatic N) is 2. The summed E-state index contributed by atoms with van der Waals surface area (Å²) in [7, 11) is -3.78. The molecule has 0 aromatic heterocycles. The van der Waals surface area contributed by atoms with E-state index in [9.17, 15) is 4.79 Å². The molecule has 0 unspecified atom stereocenters. The van der Waals surface area contributed by atoms with Crippen molar-refractivity contribution in [1.29, 1.82) is 0 Å². The van der Waals surface area contributed by atoms with Gasteiger partial charge in [0.25, 0.3) is 5.91 Å². The molecule has 7 heteroatoms. The molecule has 5 nitrogen and oxygen atoms in total. The molecule has 0 radical (unpaired) electrons. The first-order valence-corrected chi connectivity index (χ1v) is 16.2. The highest BCUT2D eigenvalue weighted by atomic mass is 79.9. The highest BCUT2D eigenvalue weighted by molar-refractivity contribution is 9.10. The Bertz CT molecular complexity index is 1430. The fraction of sp³-hybridized carbons (Fsp3) is 0.114. The van der Waals surface area contributed by atoms with Gasteiger partial charge in [-0.25, -0.2) is 9.34 Å². The van der Waals surface area contributed by atoms with Gasteiger partial charge in [0, 0.05) is 36.2 Å². The van der Waals surface area contributed by atoms with Gasteiger partial charge < -0.3 is 0 Å². The Morgan fingerprint density at radius 2 is 0.833 bits per heavy atom. The van der Waals surface area contributed by atoms with E-state index in [0.29, 0.717) is 31.7 Å². The van der Waals surface area contributed by atoms with Crippen molar-refractivity contribution in [2.75, 3.05) is 0 Å². The van der Waals surface area contributed by atoms with Gasteiger partial charge in [-0.05, 0) is 46.5 Å². The molecular weight excluding hydrogens is 605 g/mol. The molecule has 0 saturated heterocycles. The quantitative estimate of drug-likeness (QED) is 0.139. The summed E-state index contributed by atoms with van der Waals surface area (Å²) in [6, 6.07) is 47.0. The molecule has 1 amide bonds. The van der Waals surface area contributed by atoms with Crippen LogP contribution in [0, 0.1) is 0 Å². The molecule has 5 aromatic rings. The van der Waals surface area contributed by atoms with E-state index in [0.717, 1.165) is 26.7 Å². The zero-order valence-corrected chi connectivity index (χ0v) is 25.7. The molecule has 212 valence electrons. The zero-order valence-electron chi connectivity index (χ0n) is 23.2. The fourth-order valence-corrected chi connectivity index (χ4v) is 7.51. The summed E-state index contributed by atoms with van der Waals surface area (Å²) in [6.07, 6.45) is 0. The van der Waals surface area contributed by atoms with Crippen LogP contribution in [-0.4, -0.2) is 15.2 Å². The van der Waals surface area contributed by atoms with Gasteiger partial charge in [0.1, 0.15) is 0 Å². The summed E-state index contributed by atoms with van der Waals surface area (Å²) in [4.78, 5) is 13.8. The second kappa shape index (κ2) is 14.4. The van der Waals surface area contributed by atoms with Crippen LogP contribution < -0.4 is 5.09 Å². The number of halogens is 1. The predicted octanol–water partition coefficient (Wildman–Crippen LogP) is 8.69. The van der Waals surface area contributed by atoms with Crippen LogP contribution in [0.15, 0.2) is 150 Å². The maximum atomic E-state index is 15.8. The molecule has 1 N–H and O–H groups in total. The standard InChI is InChI=1S/C35H33BrN3O2P/c36-34-23-21-33(22-24-34)35(40)37-42(41,38(25-29-13-5-1-6-14-29)26-30-15-7-2-8-16-30)39(27-31-17-9-3-10-18-31)28-32-19-11-4-12-20-32/h1-24H,25-28H2,(H,37,40,41). The summed E-state index contributed by atoms with van der Waals surface area (Å²) < 4.78 is 20.5. The Hall–Kier alpha value is -3.80. The molecule has 0 aliphatic heterocycles. The van der Waals surface area contributed by atoms with Gasteiger partial charge in [-0.15, -0.1) is 0 Å². The third-order valence-electron chi connectivity index (χ3n) is 6.95. The van der Waals surface area contributed by atoms with Crippen LogP contribution in [0.1, 0.15) is 32.6 Å². The van der Waals surface area contributed by atoms with Crippen molar-refractivity contribution in [3.63, 3.8) is 0 Å². The van der Waals surface area contributed by atoms with Crippen molar-refractivity contribution in [1.82, 2.24) is 14.4 Å². The van der Waals surface area contributed by atoms with Crippen LogP contribution in [-0.2, 0) is 30.7 Å². The first kappa shape index (κ1) is 29.7. The Morgan fingerprint density at radius 3 is 1.14 bits per heavy atom. The van der Waals surface area contributed by atoms with E-state index in [4.69, 9.17) is 0 Å². The highest BCUT2D eigenvalue weighted by Gasteiger charge is 2.39. The van der Waals surface area contributed by atoms with Gasteiger partial charge in [0.05, 0.1) is 0 Å². The van der Waals surface area contributed by atoms with Crippen molar-refractivity contribution in [2.24, 2.45) is 0 Å². The van der Waals surface area contributed by atoms with Crippen LogP contribution >= 0.6 is 23.5 Å². The third-order valence-corrected chi connectivity index (χ3v) is 10.1. The van der Waals surface area contributed by atoms with Gasteiger partial charge in [0.2, 0.25) is 0 Å². The van der Waals surface area contributed by atoms with E-state index in [1.54, 1.807) is 12.1 Å². The van der Waals surface area contributed by atoms with Crippen molar-refractivity contribution < 1.29 is 9.36 Å². The van der Waals surface area contributed by atoms with Crippen LogP contribution in [0.3, 0.4) is 0 Å². The van der Waals surface area contributed by atoms with Crippen molar-refractivity contribution in [3.8, 4) is 0 Å². The average molecular weight is 639 g/mol. The molecule has 0 heterocycles. The van der Waals surface area contributed by atoms with E-state index < -0.39 is 7.59 Å². The first-order chi connectivity index (χ1) is 20.5. The van der Waals surface area contributed by atoms with Crippen LogP contribution in [0.5, 0.6) is 0 Å². The van der Waals surface area contributed by atoms with E-state index >= 15 is 4.57 Å². The lowest BCUT2D eigenvalue weighted by Gasteiger charge is -2.39. The largest absolute Gasteiger partial charge is 0.312 e. The molecule has 0 aliphatic rings. The third kappa shape index (κ3) is 7.93. The molecule has 0 aliphatic carbocycles. The van der Waals surface area contributed by atoms with Gasteiger partial charge in [-0.1, -0.05) is 137 Å². The Labute approximate surface area is 256 Å². The molecule has 0 bridgehead atoms. The highest BCUT2D eigenvalue weighted by Crippen LogP contribution is 2.53. The minimum Gasteiger partial charge on any atom is -0.279 e. The Morgan fingerprint density at radius 1 is 0.524 bits per heavy atom. The molecule has 5 rings (SSSR count). The number of rotatable bonds is 12. The fourth-order valence-electron chi connectivity index (χ4n) is 4.79. The SMILES string of the molecule is O=C(NP(=O)(N(Cc1ccccc1)Cc1ccccc1)N(Cc1ccccc1)Cc1ccccc1)c1ccc(Br)cc1. The lowest BCUT2D eigenvalue weighted by Crippen LogP contribution is -2.40. The number of amides is 1. The topological polar surface area (TPSA) is 52.7 Å². The monoisotopic (exact) mass is 637 g/mol. The van der Waals surface area contributed by atoms with E-state index in [-0.39, 0.29) is 5.91 Å². The number of hydrogen-bond donors (Lipinski definition) is 1. The molecule has 0 fully saturated rings. The molecular formula is C35H33BrN3O2P. The van der Waals surface area contributed by atoms with Crippen LogP contribution in [0.4, 0.5) is 0 Å². The molecule has 0 spiro atoms. The normalized spacial score (nSPS) is 11.5. The summed E-state index contributed by atoms with van der Waals surface area (Å²) in [5.41, 5.74) is 4.46. The molecule has 0 saturated carbocycles. The summed E-state index contributed by atoms with van der Waals surface area (Å²) in [6.45, 7) is 1.53. The van der Waals surface area contributed by atoms with Crippen molar-refractivity contribution >= 4 is 29.4 Å². The van der Waals surface area contributed by atoms with Crippen molar-refractivity contribution in [3.05, 3.63) is 178 Å². The Kier molecular flexibility index (Phi) is 10.2. The lowest BCUT2D eigenvalue weighted by molar-refractivity contribution is 0.0972. The van der Waals surface area contributed by atoms with Gasteiger partial charge in [0.15, 0.2) is 0 Å². The minimum atomic E-state index is -3.78. The van der Waals surface area contributed by atoms with Crippen molar-refractivity contribution in [2.45, 2.75) is 26.2 Å². The van der Waals surface area contributed by atoms with Gasteiger partial charge >= 0.3 is 7.59 Å². The lowest BCUT2D eigenvalue weighted by atomic mass is 10.2. The molecule has 0 atom stereocenters. The smallest absolute Gasteiger partial charge is 0.279 e. The van der Waals surface area contributed by atoms with E-state index in [1.807, 2.05) is 143 Å². The van der Waals surface area contributed by atoms with E-state index in [1.165, 1.54) is 0 Å². The molecule has 5 aromatic carbocycles. The van der Waals surface area contributed by atoms with Crippen LogP contribution in [0.2, 0.25) is 0 Å². The first-order valence-electron chi connectivity index (χ1n) is 13.8. The summed E-state index contributed by atoms with van der Waals surface area (Å²) in [5, 5.41) is 3.06. The molecule has 42 heavy (non-hydrogen) atoms. The minimum absolute atomic E-state index is 0.383. The predicted molar refractivity (Wildman–Crippen MR) is 173 cm³/mol. The van der Waals surface area contributed by atoms with Crippen LogP contribution in [0.25, 0.3) is 0 Å². The second-order valence-electron chi connectivity index (χ2n) is 10.1.